The van der Waals surface area contributed by atoms with Crippen molar-refractivity contribution in [2.45, 2.75) is 0 Å². The zero-order valence-corrected chi connectivity index (χ0v) is 33.5. The van der Waals surface area contributed by atoms with Crippen molar-refractivity contribution in [3.05, 3.63) is 218 Å². The molecule has 0 amide bonds. The number of benzene rings is 9. The average molecular weight is 793 g/mol. The van der Waals surface area contributed by atoms with Crippen molar-refractivity contribution in [1.29, 1.82) is 0 Å². The van der Waals surface area contributed by atoms with E-state index in [1.54, 1.807) is 0 Å². The summed E-state index contributed by atoms with van der Waals surface area (Å²) in [7, 11) is 0. The van der Waals surface area contributed by atoms with Gasteiger partial charge in [0.1, 0.15) is 22.3 Å². The second-order valence-electron chi connectivity index (χ2n) is 15.7. The minimum atomic E-state index is 0.668. The molecule has 290 valence electrons. The minimum absolute atomic E-state index is 0.668. The van der Waals surface area contributed by atoms with Crippen molar-refractivity contribution < 1.29 is 8.83 Å². The third-order valence-corrected chi connectivity index (χ3v) is 11.9. The Morgan fingerprint density at radius 3 is 1.42 bits per heavy atom. The molecule has 0 aliphatic rings. The van der Waals surface area contributed by atoms with Gasteiger partial charge in [-0.2, -0.15) is 0 Å². The lowest BCUT2D eigenvalue weighted by molar-refractivity contribution is 0.669. The number of fused-ring (bicyclic) bond motifs is 6. The fourth-order valence-electron chi connectivity index (χ4n) is 8.84. The molecule has 0 spiro atoms. The summed E-state index contributed by atoms with van der Waals surface area (Å²) in [5, 5.41) is 4.39. The van der Waals surface area contributed by atoms with Crippen molar-refractivity contribution in [2.24, 2.45) is 0 Å². The highest BCUT2D eigenvalue weighted by atomic mass is 16.3. The summed E-state index contributed by atoms with van der Waals surface area (Å²) in [5.74, 6) is 0.668. The van der Waals surface area contributed by atoms with E-state index in [1.165, 1.54) is 0 Å². The summed E-state index contributed by atoms with van der Waals surface area (Å²) in [6.07, 6.45) is 0. The summed E-state index contributed by atoms with van der Waals surface area (Å²) >= 11 is 0. The highest BCUT2D eigenvalue weighted by molar-refractivity contribution is 6.17. The molecule has 9 aromatic carbocycles. The smallest absolute Gasteiger partial charge is 0.160 e. The molecule has 0 aliphatic carbocycles. The Bertz CT molecular complexity index is 3550. The average Bonchev–Trinajstić information content (AvgIpc) is 3.93. The fourth-order valence-corrected chi connectivity index (χ4v) is 8.84. The Labute approximate surface area is 358 Å². The van der Waals surface area contributed by atoms with Gasteiger partial charge in [0.05, 0.1) is 11.4 Å². The van der Waals surface area contributed by atoms with Gasteiger partial charge in [0, 0.05) is 43.8 Å². The molecule has 0 N–H and O–H groups in total. The minimum Gasteiger partial charge on any atom is -0.456 e. The van der Waals surface area contributed by atoms with Gasteiger partial charge in [0.25, 0.3) is 0 Å². The number of hydrogen-bond acceptors (Lipinski definition) is 4. The number of aromatic nitrogens is 2. The van der Waals surface area contributed by atoms with Gasteiger partial charge in [-0.1, -0.05) is 164 Å². The van der Waals surface area contributed by atoms with Gasteiger partial charge in [-0.15, -0.1) is 0 Å². The van der Waals surface area contributed by atoms with Gasteiger partial charge in [-0.25, -0.2) is 9.97 Å². The first-order valence-electron chi connectivity index (χ1n) is 20.9. The fraction of sp³-hybridized carbons (Fsp3) is 0. The summed E-state index contributed by atoms with van der Waals surface area (Å²) in [6.45, 7) is 0. The van der Waals surface area contributed by atoms with E-state index < -0.39 is 0 Å². The Morgan fingerprint density at radius 2 is 0.758 bits per heavy atom. The molecule has 3 heterocycles. The van der Waals surface area contributed by atoms with Crippen LogP contribution in [0.25, 0.3) is 122 Å². The molecule has 0 aliphatic heterocycles. The van der Waals surface area contributed by atoms with Crippen molar-refractivity contribution >= 4 is 43.9 Å². The highest BCUT2D eigenvalue weighted by Gasteiger charge is 2.19. The Morgan fingerprint density at radius 1 is 0.274 bits per heavy atom. The topological polar surface area (TPSA) is 52.1 Å². The third-order valence-electron chi connectivity index (χ3n) is 11.9. The van der Waals surface area contributed by atoms with Crippen molar-refractivity contribution in [2.75, 3.05) is 0 Å². The van der Waals surface area contributed by atoms with Crippen molar-refractivity contribution in [3.8, 4) is 78.4 Å². The monoisotopic (exact) mass is 792 g/mol. The third kappa shape index (κ3) is 6.25. The Hall–Kier alpha value is -8.34. The van der Waals surface area contributed by atoms with E-state index in [2.05, 4.69) is 188 Å². The summed E-state index contributed by atoms with van der Waals surface area (Å²) in [5.41, 5.74) is 17.0. The van der Waals surface area contributed by atoms with Crippen LogP contribution in [0.4, 0.5) is 0 Å². The number of hydrogen-bond donors (Lipinski definition) is 0. The lowest BCUT2D eigenvalue weighted by atomic mass is 9.93. The van der Waals surface area contributed by atoms with Crippen LogP contribution in [0.15, 0.2) is 227 Å². The van der Waals surface area contributed by atoms with Crippen LogP contribution in [-0.2, 0) is 0 Å². The Balaban J connectivity index is 0.980. The van der Waals surface area contributed by atoms with Crippen LogP contribution in [0.2, 0.25) is 0 Å². The second-order valence-corrected chi connectivity index (χ2v) is 15.7. The van der Waals surface area contributed by atoms with Gasteiger partial charge < -0.3 is 8.83 Å². The van der Waals surface area contributed by atoms with Crippen LogP contribution >= 0.6 is 0 Å². The Kier molecular flexibility index (Phi) is 8.46. The maximum atomic E-state index is 6.73. The van der Waals surface area contributed by atoms with E-state index in [4.69, 9.17) is 18.8 Å². The number of nitrogens with zero attached hydrogens (tertiary/aromatic N) is 2. The van der Waals surface area contributed by atoms with Crippen molar-refractivity contribution in [1.82, 2.24) is 9.97 Å². The van der Waals surface area contributed by atoms with Crippen LogP contribution < -0.4 is 0 Å². The van der Waals surface area contributed by atoms with Crippen LogP contribution in [0.3, 0.4) is 0 Å². The predicted molar refractivity (Wildman–Crippen MR) is 255 cm³/mol. The zero-order chi connectivity index (χ0) is 41.0. The predicted octanol–water partition coefficient (Wildman–Crippen LogP) is 15.9. The van der Waals surface area contributed by atoms with Gasteiger partial charge in [-0.05, 0) is 93.5 Å². The zero-order valence-electron chi connectivity index (χ0n) is 33.5. The van der Waals surface area contributed by atoms with E-state index in [0.717, 1.165) is 116 Å². The summed E-state index contributed by atoms with van der Waals surface area (Å²) < 4.78 is 12.9. The number of furan rings is 2. The molecule has 3 aromatic heterocycles. The molecule has 4 nitrogen and oxygen atoms in total. The lowest BCUT2D eigenvalue weighted by Crippen LogP contribution is -1.97. The molecule has 0 saturated carbocycles. The lowest BCUT2D eigenvalue weighted by Gasteiger charge is -2.13. The first-order chi connectivity index (χ1) is 30.7. The molecule has 0 radical (unpaired) electrons. The first-order valence-corrected chi connectivity index (χ1v) is 20.9. The van der Waals surface area contributed by atoms with E-state index in [9.17, 15) is 0 Å². The van der Waals surface area contributed by atoms with Crippen molar-refractivity contribution in [3.63, 3.8) is 0 Å². The van der Waals surface area contributed by atoms with Crippen LogP contribution in [-0.4, -0.2) is 9.97 Å². The van der Waals surface area contributed by atoms with E-state index in [-0.39, 0.29) is 0 Å². The highest BCUT2D eigenvalue weighted by Crippen LogP contribution is 2.43. The van der Waals surface area contributed by atoms with E-state index in [0.29, 0.717) is 5.82 Å². The summed E-state index contributed by atoms with van der Waals surface area (Å²) in [6, 6.07) is 76.2. The molecule has 0 saturated heterocycles. The first kappa shape index (κ1) is 35.6. The molecule has 0 unspecified atom stereocenters. The van der Waals surface area contributed by atoms with Gasteiger partial charge in [0.2, 0.25) is 0 Å². The van der Waals surface area contributed by atoms with Crippen LogP contribution in [0.5, 0.6) is 0 Å². The number of rotatable bonds is 7. The van der Waals surface area contributed by atoms with Gasteiger partial charge in [-0.3, -0.25) is 0 Å². The van der Waals surface area contributed by atoms with Crippen LogP contribution in [0, 0.1) is 0 Å². The van der Waals surface area contributed by atoms with E-state index >= 15 is 0 Å². The van der Waals surface area contributed by atoms with E-state index in [1.807, 2.05) is 30.3 Å². The second kappa shape index (κ2) is 14.7. The molecular weight excluding hydrogens is 757 g/mol. The maximum Gasteiger partial charge on any atom is 0.160 e. The number of para-hydroxylation sites is 2. The molecule has 0 bridgehead atoms. The molecule has 4 heteroatoms. The molecule has 12 aromatic rings. The molecule has 0 atom stereocenters. The quantitative estimate of drug-likeness (QED) is 0.161. The van der Waals surface area contributed by atoms with Crippen LogP contribution in [0.1, 0.15) is 0 Å². The standard InChI is InChI=1S/C58H36N2O2/c1-4-14-37(15-5-1)43-32-44(38-16-6-2-7-17-38)34-45(33-43)58-59-51(40-18-8-3-9-19-40)36-52(60-58)41-26-24-39(25-27-41)47-30-29-46(56-49-21-11-13-23-54(49)62-57(47)56)42-28-31-55-50(35-42)48-20-10-12-22-53(48)61-55/h1-36H. The maximum absolute atomic E-state index is 6.73. The van der Waals surface area contributed by atoms with Gasteiger partial charge in [0.15, 0.2) is 5.82 Å². The normalized spacial score (nSPS) is 11.5. The molecule has 0 fully saturated rings. The molecule has 12 rings (SSSR count). The summed E-state index contributed by atoms with van der Waals surface area (Å²) in [4.78, 5) is 10.5. The largest absolute Gasteiger partial charge is 0.456 e. The SMILES string of the molecule is c1ccc(-c2cc(-c3ccccc3)cc(-c3nc(-c4ccccc4)cc(-c4ccc(-c5ccc(-c6ccc7oc8ccccc8c7c6)c6c5oc5ccccc56)cc4)n3)c2)cc1. The van der Waals surface area contributed by atoms with Gasteiger partial charge >= 0.3 is 0 Å². The molecular formula is C58H36N2O2. The molecule has 62 heavy (non-hydrogen) atoms.